The van der Waals surface area contributed by atoms with Gasteiger partial charge in [-0.05, 0) is 50.3 Å². The van der Waals surface area contributed by atoms with Gasteiger partial charge in [0, 0.05) is 53.4 Å². The molecule has 6 heteroatoms. The zero-order chi connectivity index (χ0) is 18.8. The predicted molar refractivity (Wildman–Crippen MR) is 115 cm³/mol. The van der Waals surface area contributed by atoms with E-state index in [0.717, 1.165) is 55.7 Å². The first-order valence-electron chi connectivity index (χ1n) is 9.09. The summed E-state index contributed by atoms with van der Waals surface area (Å²) in [6.07, 6.45) is 16.3. The number of hydrazone groups is 1. The zero-order valence-corrected chi connectivity index (χ0v) is 16.0. The maximum atomic E-state index is 6.16. The van der Waals surface area contributed by atoms with Crippen LogP contribution in [0.15, 0.2) is 64.7 Å². The number of nitrogens with two attached hydrogens (primary N) is 2. The van der Waals surface area contributed by atoms with Gasteiger partial charge in [-0.15, -0.1) is 0 Å². The molecule has 26 heavy (non-hydrogen) atoms. The first-order valence-corrected chi connectivity index (χ1v) is 9.56. The highest BCUT2D eigenvalue weighted by Crippen LogP contribution is 2.29. The van der Waals surface area contributed by atoms with Crippen molar-refractivity contribution >= 4 is 23.8 Å². The van der Waals surface area contributed by atoms with Gasteiger partial charge in [-0.2, -0.15) is 5.10 Å². The van der Waals surface area contributed by atoms with E-state index in [0.29, 0.717) is 11.6 Å². The second-order valence-electron chi connectivity index (χ2n) is 6.46. The van der Waals surface area contributed by atoms with Gasteiger partial charge in [0.15, 0.2) is 0 Å². The quantitative estimate of drug-likeness (QED) is 0.277. The molecule has 1 unspecified atom stereocenters. The minimum atomic E-state index is 0.539. The molecule has 1 atom stereocenters. The Morgan fingerprint density at radius 1 is 1.50 bits per heavy atom. The molecule has 0 aliphatic carbocycles. The normalized spacial score (nSPS) is 25.0. The Balaban J connectivity index is 2.15. The molecular formula is C20H29N5S. The summed E-state index contributed by atoms with van der Waals surface area (Å²) in [6, 6.07) is 0. The van der Waals surface area contributed by atoms with Crippen LogP contribution in [0.5, 0.6) is 0 Å². The lowest BCUT2D eigenvalue weighted by Gasteiger charge is -2.36. The van der Waals surface area contributed by atoms with E-state index >= 15 is 0 Å². The molecule has 2 aliphatic heterocycles. The van der Waals surface area contributed by atoms with Gasteiger partial charge in [-0.25, -0.2) is 0 Å². The van der Waals surface area contributed by atoms with Crippen molar-refractivity contribution in [1.82, 2.24) is 10.3 Å². The fourth-order valence-corrected chi connectivity index (χ4v) is 3.35. The van der Waals surface area contributed by atoms with E-state index in [-0.39, 0.29) is 0 Å². The van der Waals surface area contributed by atoms with Gasteiger partial charge < -0.3 is 16.4 Å². The van der Waals surface area contributed by atoms with Crippen molar-refractivity contribution in [3.63, 3.8) is 0 Å². The Morgan fingerprint density at radius 3 is 3.12 bits per heavy atom. The van der Waals surface area contributed by atoms with E-state index < -0.39 is 0 Å². The van der Waals surface area contributed by atoms with Crippen LogP contribution in [-0.2, 0) is 0 Å². The van der Waals surface area contributed by atoms with E-state index in [4.69, 9.17) is 23.7 Å². The minimum absolute atomic E-state index is 0.539. The van der Waals surface area contributed by atoms with Crippen LogP contribution in [0.4, 0.5) is 0 Å². The minimum Gasteiger partial charge on any atom is -0.398 e. The van der Waals surface area contributed by atoms with E-state index in [1.54, 1.807) is 18.5 Å². The van der Waals surface area contributed by atoms with Crippen LogP contribution in [-0.4, -0.2) is 36.1 Å². The maximum absolute atomic E-state index is 6.16. The molecule has 0 saturated carbocycles. The van der Waals surface area contributed by atoms with Gasteiger partial charge in [-0.3, -0.25) is 5.43 Å². The fraction of sp³-hybridized carbons (Fsp3) is 0.400. The largest absolute Gasteiger partial charge is 0.398 e. The molecule has 0 amide bonds. The molecule has 0 aromatic rings. The summed E-state index contributed by atoms with van der Waals surface area (Å²) in [7, 11) is 0. The van der Waals surface area contributed by atoms with Crippen LogP contribution in [0.1, 0.15) is 25.7 Å². The number of hydrogen-bond donors (Lipinski definition) is 3. The van der Waals surface area contributed by atoms with Crippen LogP contribution in [0.3, 0.4) is 0 Å². The van der Waals surface area contributed by atoms with Crippen LogP contribution in [0.2, 0.25) is 0 Å². The molecule has 2 aliphatic rings. The molecule has 0 aromatic heterocycles. The third-order valence-electron chi connectivity index (χ3n) is 4.56. The van der Waals surface area contributed by atoms with Gasteiger partial charge in [-0.1, -0.05) is 30.9 Å². The third-order valence-corrected chi connectivity index (χ3v) is 4.70. The molecule has 5 nitrogen and oxygen atoms in total. The summed E-state index contributed by atoms with van der Waals surface area (Å²) >= 11 is 4.90. The highest BCUT2D eigenvalue weighted by molar-refractivity contribution is 7.79. The summed E-state index contributed by atoms with van der Waals surface area (Å²) in [4.78, 5) is 2.37. The number of piperidine rings is 1. The number of hydrogen-bond acceptors (Lipinski definition) is 6. The molecule has 5 N–H and O–H groups in total. The Kier molecular flexibility index (Phi) is 8.31. The third kappa shape index (κ3) is 5.68. The topological polar surface area (TPSA) is 79.7 Å². The number of unbranched alkanes of at least 4 members (excludes halogenated alkanes) is 1. The van der Waals surface area contributed by atoms with E-state index in [1.165, 1.54) is 11.8 Å². The first-order chi connectivity index (χ1) is 12.7. The Morgan fingerprint density at radius 2 is 2.35 bits per heavy atom. The van der Waals surface area contributed by atoms with Gasteiger partial charge in [0.1, 0.15) is 0 Å². The van der Waals surface area contributed by atoms with Gasteiger partial charge in [0.2, 0.25) is 0 Å². The molecule has 1 saturated heterocycles. The van der Waals surface area contributed by atoms with Crippen molar-refractivity contribution in [2.45, 2.75) is 25.7 Å². The van der Waals surface area contributed by atoms with Gasteiger partial charge in [0.25, 0.3) is 0 Å². The molecule has 2 rings (SSSR count). The monoisotopic (exact) mass is 371 g/mol. The Labute approximate surface area is 161 Å². The van der Waals surface area contributed by atoms with E-state index in [9.17, 15) is 0 Å². The van der Waals surface area contributed by atoms with Crippen molar-refractivity contribution in [1.29, 1.82) is 0 Å². The number of thiocarbonyl (C=S) groups is 1. The Hall–Kier alpha value is -2.18. The van der Waals surface area contributed by atoms with Gasteiger partial charge in [0.05, 0.1) is 0 Å². The predicted octanol–water partition coefficient (Wildman–Crippen LogP) is 2.75. The molecule has 2 heterocycles. The second-order valence-corrected chi connectivity index (χ2v) is 6.73. The molecular weight excluding hydrogens is 342 g/mol. The lowest BCUT2D eigenvalue weighted by atomic mass is 9.94. The molecule has 1 fully saturated rings. The Bertz CT molecular complexity index is 657. The second kappa shape index (κ2) is 10.7. The number of rotatable bonds is 7. The molecule has 0 aromatic carbocycles. The fourth-order valence-electron chi connectivity index (χ4n) is 3.21. The lowest BCUT2D eigenvalue weighted by molar-refractivity contribution is 0.249. The summed E-state index contributed by atoms with van der Waals surface area (Å²) in [6.45, 7) is 7.00. The van der Waals surface area contributed by atoms with Crippen LogP contribution in [0, 0.1) is 5.92 Å². The molecule has 0 radical (unpaired) electrons. The smallest absolute Gasteiger partial charge is 0.0492 e. The SMILES string of the molecule is C=C1C(N2CCCC(/C=C\CCCN)C2)=C/C=N\N/C=C\1C(N)=CC=S. The number of nitrogens with zero attached hydrogens (tertiary/aromatic N) is 2. The number of allylic oxidation sites excluding steroid dienone is 5. The van der Waals surface area contributed by atoms with E-state index in [1.807, 2.05) is 6.08 Å². The first kappa shape index (κ1) is 20.1. The lowest BCUT2D eigenvalue weighted by Crippen LogP contribution is -2.35. The average molecular weight is 372 g/mol. The molecule has 0 bridgehead atoms. The highest BCUT2D eigenvalue weighted by atomic mass is 32.1. The van der Waals surface area contributed by atoms with Crippen molar-refractivity contribution in [3.8, 4) is 0 Å². The number of nitrogens with one attached hydrogen (secondary N) is 1. The highest BCUT2D eigenvalue weighted by Gasteiger charge is 2.23. The van der Waals surface area contributed by atoms with Crippen LogP contribution >= 0.6 is 12.2 Å². The van der Waals surface area contributed by atoms with Crippen molar-refractivity contribution < 1.29 is 0 Å². The van der Waals surface area contributed by atoms with E-state index in [2.05, 4.69) is 34.2 Å². The van der Waals surface area contributed by atoms with Crippen molar-refractivity contribution in [2.24, 2.45) is 22.5 Å². The summed E-state index contributed by atoms with van der Waals surface area (Å²) in [5.74, 6) is 0.539. The van der Waals surface area contributed by atoms with Crippen molar-refractivity contribution in [3.05, 3.63) is 59.6 Å². The van der Waals surface area contributed by atoms with Crippen molar-refractivity contribution in [2.75, 3.05) is 19.6 Å². The maximum Gasteiger partial charge on any atom is 0.0492 e. The average Bonchev–Trinajstić information content (AvgIpc) is 2.63. The summed E-state index contributed by atoms with van der Waals surface area (Å²) in [5.41, 5.74) is 17.9. The molecule has 140 valence electrons. The summed E-state index contributed by atoms with van der Waals surface area (Å²) in [5, 5.41) is 5.66. The summed E-state index contributed by atoms with van der Waals surface area (Å²) < 4.78 is 0. The number of likely N-dealkylation sites (tertiary alicyclic amines) is 1. The standard InChI is InChI=1S/C20H29N5S/c1-16-18(19(22)9-13-26)14-24-23-11-8-20(16)25-12-5-7-17(15-25)6-3-2-4-10-21/h3,6,8-9,11,13-14,17,24H,1-2,4-5,7,10,12,15,21-22H2/b6-3-,18-14+,19-9?,20-8?,23-11-. The molecule has 0 spiro atoms. The van der Waals surface area contributed by atoms with Crippen LogP contribution < -0.4 is 16.9 Å². The zero-order valence-electron chi connectivity index (χ0n) is 15.2. The van der Waals surface area contributed by atoms with Gasteiger partial charge >= 0.3 is 0 Å². The van der Waals surface area contributed by atoms with Crippen LogP contribution in [0.25, 0.3) is 0 Å².